The minimum atomic E-state index is -0.492. The molecule has 0 saturated carbocycles. The predicted octanol–water partition coefficient (Wildman–Crippen LogP) is 5.75. The van der Waals surface area contributed by atoms with Crippen molar-refractivity contribution in [3.05, 3.63) is 82.3 Å². The molecule has 0 heterocycles. The number of carbonyl (C=O) groups excluding carboxylic acids is 1. The molecule has 0 aliphatic rings. The van der Waals surface area contributed by atoms with Crippen molar-refractivity contribution in [3.63, 3.8) is 0 Å². The molecule has 0 radical (unpaired) electrons. The second-order valence-corrected chi connectivity index (χ2v) is 6.52. The minimum absolute atomic E-state index is 0.201. The van der Waals surface area contributed by atoms with Gasteiger partial charge in [-0.15, -0.1) is 0 Å². The van der Waals surface area contributed by atoms with E-state index in [1.54, 1.807) is 30.3 Å². The van der Waals surface area contributed by atoms with Crippen molar-refractivity contribution in [1.82, 2.24) is 0 Å². The van der Waals surface area contributed by atoms with Crippen molar-refractivity contribution in [3.8, 4) is 22.6 Å². The number of esters is 1. The molecule has 0 aromatic heterocycles. The second kappa shape index (κ2) is 8.19. The van der Waals surface area contributed by atoms with E-state index in [2.05, 4.69) is 15.9 Å². The Hall–Kier alpha value is -2.30. The number of benzene rings is 3. The van der Waals surface area contributed by atoms with Crippen molar-refractivity contribution in [2.45, 2.75) is 0 Å². The van der Waals surface area contributed by atoms with Gasteiger partial charge in [-0.25, -0.2) is 4.79 Å². The van der Waals surface area contributed by atoms with Crippen molar-refractivity contribution in [2.24, 2.45) is 0 Å². The van der Waals surface area contributed by atoms with Gasteiger partial charge >= 0.3 is 5.97 Å². The summed E-state index contributed by atoms with van der Waals surface area (Å²) >= 11 is 9.32. The summed E-state index contributed by atoms with van der Waals surface area (Å²) < 4.78 is 11.4. The fourth-order valence-corrected chi connectivity index (χ4v) is 2.88. The molecule has 3 rings (SSSR count). The normalized spacial score (nSPS) is 10.3. The number of ether oxygens (including phenoxy) is 2. The maximum atomic E-state index is 12.0. The predicted molar refractivity (Wildman–Crippen MR) is 102 cm³/mol. The third-order valence-corrected chi connectivity index (χ3v) is 4.27. The summed E-state index contributed by atoms with van der Waals surface area (Å²) in [5, 5.41) is 0.546. The highest BCUT2D eigenvalue weighted by Crippen LogP contribution is 2.30. The molecule has 3 nitrogen and oxygen atoms in total. The van der Waals surface area contributed by atoms with Gasteiger partial charge in [0.25, 0.3) is 0 Å². The van der Waals surface area contributed by atoms with Gasteiger partial charge in [0.1, 0.15) is 11.5 Å². The Morgan fingerprint density at radius 1 is 0.920 bits per heavy atom. The molecule has 0 aliphatic heterocycles. The molecular weight excluding hydrogens is 404 g/mol. The van der Waals surface area contributed by atoms with E-state index in [-0.39, 0.29) is 6.61 Å². The van der Waals surface area contributed by atoms with Gasteiger partial charge in [0, 0.05) is 5.02 Å². The van der Waals surface area contributed by atoms with Crippen molar-refractivity contribution in [2.75, 3.05) is 6.61 Å². The van der Waals surface area contributed by atoms with Gasteiger partial charge in [0.15, 0.2) is 6.61 Å². The van der Waals surface area contributed by atoms with Crippen LogP contribution in [-0.4, -0.2) is 12.6 Å². The van der Waals surface area contributed by atoms with Gasteiger partial charge in [-0.1, -0.05) is 54.1 Å². The van der Waals surface area contributed by atoms with Crippen LogP contribution in [0.4, 0.5) is 0 Å². The van der Waals surface area contributed by atoms with Crippen LogP contribution in [0.25, 0.3) is 11.1 Å². The Kier molecular flexibility index (Phi) is 5.74. The van der Waals surface area contributed by atoms with Crippen LogP contribution in [0, 0.1) is 0 Å². The molecule has 0 aliphatic carbocycles. The van der Waals surface area contributed by atoms with Gasteiger partial charge in [-0.05, 0) is 57.4 Å². The van der Waals surface area contributed by atoms with Crippen LogP contribution in [0.15, 0.2) is 77.3 Å². The molecule has 0 bridgehead atoms. The van der Waals surface area contributed by atoms with Crippen LogP contribution in [0.5, 0.6) is 11.5 Å². The second-order valence-electron chi connectivity index (χ2n) is 5.23. The van der Waals surface area contributed by atoms with Crippen LogP contribution in [0.1, 0.15) is 0 Å². The number of carbonyl (C=O) groups is 1. The van der Waals surface area contributed by atoms with E-state index in [0.29, 0.717) is 21.0 Å². The maximum Gasteiger partial charge on any atom is 0.349 e. The molecule has 5 heteroatoms. The van der Waals surface area contributed by atoms with E-state index >= 15 is 0 Å². The lowest BCUT2D eigenvalue weighted by Crippen LogP contribution is -2.17. The molecular formula is C20H14BrClO3. The largest absolute Gasteiger partial charge is 0.482 e. The molecule has 0 atom stereocenters. The summed E-state index contributed by atoms with van der Waals surface area (Å²) in [7, 11) is 0. The molecule has 0 amide bonds. The first-order valence-corrected chi connectivity index (χ1v) is 8.73. The molecule has 0 spiro atoms. The van der Waals surface area contributed by atoms with Crippen molar-refractivity contribution < 1.29 is 14.3 Å². The highest BCUT2D eigenvalue weighted by molar-refractivity contribution is 9.10. The molecule has 0 fully saturated rings. The molecule has 0 unspecified atom stereocenters. The minimum Gasteiger partial charge on any atom is -0.482 e. The maximum absolute atomic E-state index is 12.0. The Morgan fingerprint density at radius 2 is 1.72 bits per heavy atom. The van der Waals surface area contributed by atoms with Gasteiger partial charge in [-0.3, -0.25) is 0 Å². The SMILES string of the molecule is O=C(COc1cccc(Cl)c1)Oc1ccc(-c2ccccc2)cc1Br. The van der Waals surface area contributed by atoms with E-state index in [0.717, 1.165) is 11.1 Å². The number of rotatable bonds is 5. The average Bonchev–Trinajstić information content (AvgIpc) is 2.62. The van der Waals surface area contributed by atoms with Crippen LogP contribution in [0.3, 0.4) is 0 Å². The highest BCUT2D eigenvalue weighted by Gasteiger charge is 2.10. The first kappa shape index (κ1) is 17.5. The fourth-order valence-electron chi connectivity index (χ4n) is 2.24. The quantitative estimate of drug-likeness (QED) is 0.391. The summed E-state index contributed by atoms with van der Waals surface area (Å²) in [6.07, 6.45) is 0. The van der Waals surface area contributed by atoms with E-state index in [1.165, 1.54) is 0 Å². The standard InChI is InChI=1S/C20H14BrClO3/c21-18-11-15(14-5-2-1-3-6-14)9-10-19(18)25-20(23)13-24-17-8-4-7-16(22)12-17/h1-12H,13H2. The Morgan fingerprint density at radius 3 is 2.44 bits per heavy atom. The molecule has 0 N–H and O–H groups in total. The average molecular weight is 418 g/mol. The third kappa shape index (κ3) is 4.84. The summed E-state index contributed by atoms with van der Waals surface area (Å²) in [6.45, 7) is -0.201. The zero-order chi connectivity index (χ0) is 17.6. The Bertz CT molecular complexity index is 881. The van der Waals surface area contributed by atoms with E-state index < -0.39 is 5.97 Å². The lowest BCUT2D eigenvalue weighted by molar-refractivity contribution is -0.136. The van der Waals surface area contributed by atoms with Crippen LogP contribution >= 0.6 is 27.5 Å². The smallest absolute Gasteiger partial charge is 0.349 e. The molecule has 3 aromatic carbocycles. The monoisotopic (exact) mass is 416 g/mol. The summed E-state index contributed by atoms with van der Waals surface area (Å²) in [5.41, 5.74) is 2.12. The molecule has 126 valence electrons. The third-order valence-electron chi connectivity index (χ3n) is 3.42. The van der Waals surface area contributed by atoms with Crippen molar-refractivity contribution in [1.29, 1.82) is 0 Å². The van der Waals surface area contributed by atoms with Crippen LogP contribution in [-0.2, 0) is 4.79 Å². The van der Waals surface area contributed by atoms with E-state index in [4.69, 9.17) is 21.1 Å². The number of hydrogen-bond acceptors (Lipinski definition) is 3. The Balaban J connectivity index is 1.63. The lowest BCUT2D eigenvalue weighted by Gasteiger charge is -2.10. The van der Waals surface area contributed by atoms with E-state index in [9.17, 15) is 4.79 Å². The topological polar surface area (TPSA) is 35.5 Å². The lowest BCUT2D eigenvalue weighted by atomic mass is 10.1. The number of halogens is 2. The molecule has 0 saturated heterocycles. The van der Waals surface area contributed by atoms with Gasteiger partial charge < -0.3 is 9.47 Å². The van der Waals surface area contributed by atoms with Crippen molar-refractivity contribution >= 4 is 33.5 Å². The van der Waals surface area contributed by atoms with Gasteiger partial charge in [-0.2, -0.15) is 0 Å². The first-order chi connectivity index (χ1) is 12.1. The van der Waals surface area contributed by atoms with E-state index in [1.807, 2.05) is 42.5 Å². The summed E-state index contributed by atoms with van der Waals surface area (Å²) in [4.78, 5) is 12.0. The zero-order valence-electron chi connectivity index (χ0n) is 13.1. The number of hydrogen-bond donors (Lipinski definition) is 0. The Labute approximate surface area is 159 Å². The van der Waals surface area contributed by atoms with Crippen LogP contribution in [0.2, 0.25) is 5.02 Å². The van der Waals surface area contributed by atoms with Gasteiger partial charge in [0.2, 0.25) is 0 Å². The van der Waals surface area contributed by atoms with Gasteiger partial charge in [0.05, 0.1) is 4.47 Å². The highest BCUT2D eigenvalue weighted by atomic mass is 79.9. The van der Waals surface area contributed by atoms with Crippen LogP contribution < -0.4 is 9.47 Å². The zero-order valence-corrected chi connectivity index (χ0v) is 15.5. The fraction of sp³-hybridized carbons (Fsp3) is 0.0500. The molecule has 3 aromatic rings. The first-order valence-electron chi connectivity index (χ1n) is 7.56. The summed E-state index contributed by atoms with van der Waals surface area (Å²) in [5.74, 6) is 0.468. The molecule has 25 heavy (non-hydrogen) atoms. The summed E-state index contributed by atoms with van der Waals surface area (Å²) in [6, 6.07) is 22.4.